The van der Waals surface area contributed by atoms with Crippen LogP contribution in [0.4, 0.5) is 14.6 Å². The van der Waals surface area contributed by atoms with Gasteiger partial charge < -0.3 is 5.73 Å². The molecule has 2 rings (SSSR count). The average Bonchev–Trinajstić information content (AvgIpc) is 2.40. The molecule has 0 fully saturated rings. The number of nitrogens with zero attached hydrogens (tertiary/aromatic N) is 2. The molecule has 3 nitrogen and oxygen atoms in total. The summed E-state index contributed by atoms with van der Waals surface area (Å²) in [6.07, 6.45) is 1.65. The van der Waals surface area contributed by atoms with Crippen LogP contribution in [-0.4, -0.2) is 9.97 Å². The molecule has 0 radical (unpaired) electrons. The number of nitrogen functional groups attached to an aromatic ring is 1. The van der Waals surface area contributed by atoms with Gasteiger partial charge in [0.25, 0.3) is 0 Å². The van der Waals surface area contributed by atoms with Gasteiger partial charge in [-0.2, -0.15) is 0 Å². The molecule has 1 aromatic carbocycles. The van der Waals surface area contributed by atoms with Crippen LogP contribution in [0, 0.1) is 18.6 Å². The van der Waals surface area contributed by atoms with E-state index >= 15 is 0 Å². The van der Waals surface area contributed by atoms with Gasteiger partial charge in [-0.15, -0.1) is 0 Å². The second-order valence-corrected chi connectivity index (χ2v) is 5.45. The lowest BCUT2D eigenvalue weighted by Gasteiger charge is -2.09. The van der Waals surface area contributed by atoms with Crippen LogP contribution >= 0.6 is 11.8 Å². The third-order valence-electron chi connectivity index (χ3n) is 2.76. The van der Waals surface area contributed by atoms with Crippen molar-refractivity contribution in [3.8, 4) is 0 Å². The highest BCUT2D eigenvalue weighted by Gasteiger charge is 2.11. The maximum absolute atomic E-state index is 13.2. The Morgan fingerprint density at radius 1 is 1.20 bits per heavy atom. The summed E-state index contributed by atoms with van der Waals surface area (Å²) in [6, 6.07) is 3.77. The summed E-state index contributed by atoms with van der Waals surface area (Å²) in [6.45, 7) is 3.84. The summed E-state index contributed by atoms with van der Waals surface area (Å²) in [4.78, 5) is 9.22. The zero-order valence-corrected chi connectivity index (χ0v) is 12.1. The normalized spacial score (nSPS) is 10.8. The van der Waals surface area contributed by atoms with Crippen molar-refractivity contribution in [1.29, 1.82) is 0 Å². The molecule has 0 saturated heterocycles. The SMILES string of the molecule is CCCc1nc(N)c(C)c(Sc2ccc(F)c(F)c2)n1. The van der Waals surface area contributed by atoms with Gasteiger partial charge in [-0.25, -0.2) is 18.7 Å². The van der Waals surface area contributed by atoms with Gasteiger partial charge in [-0.05, 0) is 31.5 Å². The van der Waals surface area contributed by atoms with Crippen molar-refractivity contribution in [3.63, 3.8) is 0 Å². The second kappa shape index (κ2) is 6.17. The molecule has 0 unspecified atom stereocenters. The van der Waals surface area contributed by atoms with E-state index in [1.165, 1.54) is 17.8 Å². The third kappa shape index (κ3) is 3.25. The van der Waals surface area contributed by atoms with Crippen molar-refractivity contribution < 1.29 is 8.78 Å². The molecular formula is C14H15F2N3S. The lowest BCUT2D eigenvalue weighted by molar-refractivity contribution is 0.506. The summed E-state index contributed by atoms with van der Waals surface area (Å²) in [5.41, 5.74) is 6.61. The van der Waals surface area contributed by atoms with Crippen LogP contribution in [0.15, 0.2) is 28.1 Å². The van der Waals surface area contributed by atoms with Crippen LogP contribution < -0.4 is 5.73 Å². The molecule has 20 heavy (non-hydrogen) atoms. The van der Waals surface area contributed by atoms with Crippen molar-refractivity contribution in [2.24, 2.45) is 0 Å². The highest BCUT2D eigenvalue weighted by Crippen LogP contribution is 2.31. The number of hydrogen-bond donors (Lipinski definition) is 1. The Morgan fingerprint density at radius 2 is 1.95 bits per heavy atom. The Hall–Kier alpha value is -1.69. The van der Waals surface area contributed by atoms with Gasteiger partial charge in [-0.1, -0.05) is 18.7 Å². The van der Waals surface area contributed by atoms with E-state index in [2.05, 4.69) is 9.97 Å². The number of nitrogens with two attached hydrogens (primary N) is 1. The van der Waals surface area contributed by atoms with E-state index in [1.807, 2.05) is 13.8 Å². The monoisotopic (exact) mass is 295 g/mol. The minimum absolute atomic E-state index is 0.425. The summed E-state index contributed by atoms with van der Waals surface area (Å²) in [5, 5.41) is 0.673. The van der Waals surface area contributed by atoms with Crippen LogP contribution in [0.1, 0.15) is 24.7 Å². The number of anilines is 1. The van der Waals surface area contributed by atoms with E-state index in [1.54, 1.807) is 0 Å². The molecule has 0 aliphatic rings. The molecule has 0 saturated carbocycles. The number of aromatic nitrogens is 2. The molecule has 1 heterocycles. The van der Waals surface area contributed by atoms with Crippen molar-refractivity contribution in [2.75, 3.05) is 5.73 Å². The highest BCUT2D eigenvalue weighted by atomic mass is 32.2. The summed E-state index contributed by atoms with van der Waals surface area (Å²) >= 11 is 1.25. The van der Waals surface area contributed by atoms with E-state index < -0.39 is 11.6 Å². The Kier molecular flexibility index (Phi) is 4.54. The van der Waals surface area contributed by atoms with Crippen LogP contribution in [0.2, 0.25) is 0 Å². The Labute approximate surface area is 120 Å². The minimum atomic E-state index is -0.872. The largest absolute Gasteiger partial charge is 0.383 e. The molecular weight excluding hydrogens is 280 g/mol. The molecule has 2 N–H and O–H groups in total. The first-order chi connectivity index (χ1) is 9.51. The average molecular weight is 295 g/mol. The van der Waals surface area contributed by atoms with Crippen LogP contribution in [-0.2, 0) is 6.42 Å². The van der Waals surface area contributed by atoms with Gasteiger partial charge in [0.2, 0.25) is 0 Å². The maximum Gasteiger partial charge on any atom is 0.159 e. The Balaban J connectivity index is 2.34. The standard InChI is InChI=1S/C14H15F2N3S/c1-3-4-12-18-13(17)8(2)14(19-12)20-9-5-6-10(15)11(16)7-9/h5-7H,3-4H2,1-2H3,(H2,17,18,19). The summed E-state index contributed by atoms with van der Waals surface area (Å²) in [7, 11) is 0. The molecule has 2 aromatic rings. The van der Waals surface area contributed by atoms with E-state index in [-0.39, 0.29) is 0 Å². The topological polar surface area (TPSA) is 51.8 Å². The van der Waals surface area contributed by atoms with Gasteiger partial charge >= 0.3 is 0 Å². The fraction of sp³-hybridized carbons (Fsp3) is 0.286. The van der Waals surface area contributed by atoms with Gasteiger partial charge in [0, 0.05) is 16.9 Å². The lowest BCUT2D eigenvalue weighted by atomic mass is 10.3. The molecule has 0 aliphatic heterocycles. The molecule has 0 aliphatic carbocycles. The van der Waals surface area contributed by atoms with Crippen molar-refractivity contribution in [1.82, 2.24) is 9.97 Å². The molecule has 0 spiro atoms. The van der Waals surface area contributed by atoms with Crippen molar-refractivity contribution >= 4 is 17.6 Å². The fourth-order valence-corrected chi connectivity index (χ4v) is 2.58. The predicted molar refractivity (Wildman–Crippen MR) is 75.7 cm³/mol. The van der Waals surface area contributed by atoms with Crippen LogP contribution in [0.25, 0.3) is 0 Å². The van der Waals surface area contributed by atoms with E-state index in [0.717, 1.165) is 30.5 Å². The number of benzene rings is 1. The number of rotatable bonds is 4. The molecule has 0 atom stereocenters. The molecule has 0 amide bonds. The highest BCUT2D eigenvalue weighted by molar-refractivity contribution is 7.99. The second-order valence-electron chi connectivity index (χ2n) is 4.38. The fourth-order valence-electron chi connectivity index (χ4n) is 1.65. The van der Waals surface area contributed by atoms with Crippen LogP contribution in [0.3, 0.4) is 0 Å². The predicted octanol–water partition coefficient (Wildman–Crippen LogP) is 3.75. The zero-order valence-electron chi connectivity index (χ0n) is 11.3. The van der Waals surface area contributed by atoms with E-state index in [0.29, 0.717) is 21.6 Å². The number of hydrogen-bond acceptors (Lipinski definition) is 4. The third-order valence-corrected chi connectivity index (χ3v) is 3.84. The first-order valence-corrected chi connectivity index (χ1v) is 7.08. The van der Waals surface area contributed by atoms with E-state index in [9.17, 15) is 8.78 Å². The van der Waals surface area contributed by atoms with Gasteiger partial charge in [-0.3, -0.25) is 0 Å². The summed E-state index contributed by atoms with van der Waals surface area (Å²) < 4.78 is 26.1. The maximum atomic E-state index is 13.2. The Bertz CT molecular complexity index is 632. The molecule has 106 valence electrons. The van der Waals surface area contributed by atoms with Crippen LogP contribution in [0.5, 0.6) is 0 Å². The zero-order chi connectivity index (χ0) is 14.7. The van der Waals surface area contributed by atoms with Gasteiger partial charge in [0.05, 0.1) is 0 Å². The molecule has 1 aromatic heterocycles. The molecule has 0 bridgehead atoms. The first-order valence-electron chi connectivity index (χ1n) is 6.27. The van der Waals surface area contributed by atoms with E-state index in [4.69, 9.17) is 5.73 Å². The van der Waals surface area contributed by atoms with Crippen molar-refractivity contribution in [2.45, 2.75) is 36.6 Å². The number of aryl methyl sites for hydroxylation is 1. The van der Waals surface area contributed by atoms with Gasteiger partial charge in [0.15, 0.2) is 11.6 Å². The van der Waals surface area contributed by atoms with Gasteiger partial charge in [0.1, 0.15) is 16.7 Å². The lowest BCUT2D eigenvalue weighted by Crippen LogP contribution is -2.04. The molecule has 6 heteroatoms. The summed E-state index contributed by atoms with van der Waals surface area (Å²) in [5.74, 6) is -0.641. The quantitative estimate of drug-likeness (QED) is 0.873. The van der Waals surface area contributed by atoms with Crippen molar-refractivity contribution in [3.05, 3.63) is 41.2 Å². The first kappa shape index (κ1) is 14.7. The Morgan fingerprint density at radius 3 is 2.60 bits per heavy atom. The smallest absolute Gasteiger partial charge is 0.159 e. The minimum Gasteiger partial charge on any atom is -0.383 e. The number of halogens is 2.